The van der Waals surface area contributed by atoms with Gasteiger partial charge in [0, 0.05) is 58.3 Å². The van der Waals surface area contributed by atoms with Crippen LogP contribution in [-0.2, 0) is 19.2 Å². The van der Waals surface area contributed by atoms with Crippen LogP contribution < -0.4 is 10.6 Å². The summed E-state index contributed by atoms with van der Waals surface area (Å²) in [5.74, 6) is 0.169. The van der Waals surface area contributed by atoms with Gasteiger partial charge in [-0.15, -0.1) is 0 Å². The van der Waals surface area contributed by atoms with Crippen LogP contribution in [0.4, 0.5) is 0 Å². The Kier molecular flexibility index (Phi) is 9.11. The van der Waals surface area contributed by atoms with Crippen molar-refractivity contribution in [3.63, 3.8) is 0 Å². The van der Waals surface area contributed by atoms with Gasteiger partial charge in [-0.1, -0.05) is 20.8 Å². The molecule has 0 radical (unpaired) electrons. The lowest BCUT2D eigenvalue weighted by atomic mass is 9.72. The minimum Gasteiger partial charge on any atom is -0.359 e. The second-order valence-corrected chi connectivity index (χ2v) is 8.96. The van der Waals surface area contributed by atoms with E-state index in [0.717, 1.165) is 6.42 Å². The Morgan fingerprint density at radius 1 is 0.857 bits per heavy atom. The number of unbranched alkanes of at least 4 members (excludes halogenated alkanes) is 1. The molecule has 0 aromatic heterocycles. The van der Waals surface area contributed by atoms with Gasteiger partial charge in [0.2, 0.25) is 17.7 Å². The first-order valence-electron chi connectivity index (χ1n) is 10.3. The van der Waals surface area contributed by atoms with Gasteiger partial charge >= 0.3 is 0 Å². The quantitative estimate of drug-likeness (QED) is 0.584. The van der Waals surface area contributed by atoms with E-state index >= 15 is 0 Å². The summed E-state index contributed by atoms with van der Waals surface area (Å²) in [6.45, 7) is 6.87. The van der Waals surface area contributed by atoms with Crippen molar-refractivity contribution >= 4 is 23.5 Å². The molecule has 7 heteroatoms. The van der Waals surface area contributed by atoms with E-state index in [1.54, 1.807) is 14.1 Å². The van der Waals surface area contributed by atoms with Crippen LogP contribution in [-0.4, -0.2) is 55.6 Å². The largest absolute Gasteiger partial charge is 0.359 e. The summed E-state index contributed by atoms with van der Waals surface area (Å²) in [6.07, 6.45) is 4.27. The number of nitrogens with zero attached hydrogens (tertiary/aromatic N) is 1. The molecule has 0 bridgehead atoms. The average Bonchev–Trinajstić information content (AvgIpc) is 2.64. The Labute approximate surface area is 169 Å². The van der Waals surface area contributed by atoms with Crippen LogP contribution in [0.1, 0.15) is 72.1 Å². The lowest BCUT2D eigenvalue weighted by Crippen LogP contribution is -2.46. The monoisotopic (exact) mass is 395 g/mol. The number of rotatable bonds is 9. The molecule has 1 heterocycles. The van der Waals surface area contributed by atoms with E-state index in [4.69, 9.17) is 0 Å². The number of likely N-dealkylation sites (tertiary alicyclic amines) is 1. The van der Waals surface area contributed by atoms with Gasteiger partial charge in [-0.2, -0.15) is 0 Å². The van der Waals surface area contributed by atoms with Crippen LogP contribution in [0, 0.1) is 10.8 Å². The minimum absolute atomic E-state index is 0.0767. The Morgan fingerprint density at radius 2 is 1.32 bits per heavy atom. The van der Waals surface area contributed by atoms with Gasteiger partial charge in [-0.3, -0.25) is 19.2 Å². The van der Waals surface area contributed by atoms with Crippen LogP contribution in [0.25, 0.3) is 0 Å². The number of amides is 3. The molecule has 2 N–H and O–H groups in total. The van der Waals surface area contributed by atoms with Crippen molar-refractivity contribution in [1.82, 2.24) is 15.5 Å². The fraction of sp³-hybridized carbons (Fsp3) is 0.810. The zero-order chi connectivity index (χ0) is 21.4. The molecule has 1 fully saturated rings. The van der Waals surface area contributed by atoms with E-state index in [1.807, 2.05) is 25.7 Å². The highest BCUT2D eigenvalue weighted by Gasteiger charge is 2.39. The third kappa shape index (κ3) is 7.60. The number of Topliss-reactive ketones (excluding diaryl/α,β-unsaturated/α-hetero) is 1. The van der Waals surface area contributed by atoms with Gasteiger partial charge in [-0.25, -0.2) is 0 Å². The third-order valence-corrected chi connectivity index (χ3v) is 5.69. The molecule has 160 valence electrons. The molecule has 0 aliphatic carbocycles. The zero-order valence-corrected chi connectivity index (χ0v) is 18.2. The fourth-order valence-corrected chi connectivity index (χ4v) is 3.60. The topological polar surface area (TPSA) is 95.6 Å². The summed E-state index contributed by atoms with van der Waals surface area (Å²) in [5, 5.41) is 5.27. The highest BCUT2D eigenvalue weighted by atomic mass is 16.2. The van der Waals surface area contributed by atoms with Gasteiger partial charge in [0.25, 0.3) is 0 Å². The predicted molar refractivity (Wildman–Crippen MR) is 109 cm³/mol. The first-order chi connectivity index (χ1) is 13.0. The molecule has 7 nitrogen and oxygen atoms in total. The second kappa shape index (κ2) is 10.6. The van der Waals surface area contributed by atoms with E-state index in [2.05, 4.69) is 10.6 Å². The molecule has 3 amide bonds. The Morgan fingerprint density at radius 3 is 1.75 bits per heavy atom. The van der Waals surface area contributed by atoms with Crippen LogP contribution >= 0.6 is 0 Å². The highest BCUT2D eigenvalue weighted by Crippen LogP contribution is 2.38. The number of nitrogens with one attached hydrogen (secondary N) is 2. The van der Waals surface area contributed by atoms with Gasteiger partial charge in [-0.05, 0) is 31.1 Å². The van der Waals surface area contributed by atoms with Crippen molar-refractivity contribution in [3.05, 3.63) is 0 Å². The molecule has 1 aliphatic rings. The van der Waals surface area contributed by atoms with E-state index in [9.17, 15) is 19.2 Å². The van der Waals surface area contributed by atoms with E-state index in [0.29, 0.717) is 58.0 Å². The number of hydrogen-bond acceptors (Lipinski definition) is 4. The van der Waals surface area contributed by atoms with E-state index in [1.165, 1.54) is 0 Å². The van der Waals surface area contributed by atoms with Crippen molar-refractivity contribution < 1.29 is 19.2 Å². The van der Waals surface area contributed by atoms with Crippen LogP contribution in [0.3, 0.4) is 0 Å². The standard InChI is InChI=1S/C21H37N3O4/c1-20(2,3)16(25)8-6-7-9-19(28)24-12-10-21(11-13-24,14-17(26)22-4)15-18(27)23-5/h6-15H2,1-5H3,(H,22,26)(H,23,27). The maximum atomic E-state index is 12.5. The number of ketones is 1. The summed E-state index contributed by atoms with van der Waals surface area (Å²) >= 11 is 0. The highest BCUT2D eigenvalue weighted by molar-refractivity contribution is 5.83. The van der Waals surface area contributed by atoms with Crippen LogP contribution in [0.2, 0.25) is 0 Å². The molecule has 0 spiro atoms. The molecule has 0 aromatic carbocycles. The van der Waals surface area contributed by atoms with Crippen LogP contribution in [0.5, 0.6) is 0 Å². The maximum Gasteiger partial charge on any atom is 0.222 e. The number of hydrogen-bond donors (Lipinski definition) is 2. The molecule has 1 rings (SSSR count). The Hall–Kier alpha value is -1.92. The molecule has 0 unspecified atom stereocenters. The van der Waals surface area contributed by atoms with Gasteiger partial charge in [0.05, 0.1) is 0 Å². The molecule has 28 heavy (non-hydrogen) atoms. The normalized spacial score (nSPS) is 16.4. The van der Waals surface area contributed by atoms with E-state index < -0.39 is 5.41 Å². The van der Waals surface area contributed by atoms with E-state index in [-0.39, 0.29) is 28.9 Å². The first kappa shape index (κ1) is 24.1. The van der Waals surface area contributed by atoms with Crippen molar-refractivity contribution in [2.75, 3.05) is 27.2 Å². The lowest BCUT2D eigenvalue weighted by Gasteiger charge is -2.41. The summed E-state index contributed by atoms with van der Waals surface area (Å²) in [5.41, 5.74) is -0.716. The molecule has 1 saturated heterocycles. The van der Waals surface area contributed by atoms with Crippen molar-refractivity contribution in [3.8, 4) is 0 Å². The second-order valence-electron chi connectivity index (χ2n) is 8.96. The lowest BCUT2D eigenvalue weighted by molar-refractivity contribution is -0.135. The van der Waals surface area contributed by atoms with Crippen LogP contribution in [0.15, 0.2) is 0 Å². The number of piperidine rings is 1. The molecular weight excluding hydrogens is 358 g/mol. The van der Waals surface area contributed by atoms with Crippen molar-refractivity contribution in [2.24, 2.45) is 10.8 Å². The first-order valence-corrected chi connectivity index (χ1v) is 10.3. The van der Waals surface area contributed by atoms with Crippen molar-refractivity contribution in [1.29, 1.82) is 0 Å². The summed E-state index contributed by atoms with van der Waals surface area (Å²) in [7, 11) is 3.19. The average molecular weight is 396 g/mol. The van der Waals surface area contributed by atoms with Gasteiger partial charge < -0.3 is 15.5 Å². The van der Waals surface area contributed by atoms with Crippen molar-refractivity contribution in [2.45, 2.75) is 72.1 Å². The summed E-state index contributed by atoms with van der Waals surface area (Å²) in [6, 6.07) is 0. The molecule has 0 aromatic rings. The predicted octanol–water partition coefficient (Wildman–Crippen LogP) is 2.04. The Balaban J connectivity index is 2.50. The molecule has 0 atom stereocenters. The van der Waals surface area contributed by atoms with Gasteiger partial charge in [0.15, 0.2) is 0 Å². The smallest absolute Gasteiger partial charge is 0.222 e. The molecular formula is C21H37N3O4. The maximum absolute atomic E-state index is 12.5. The number of carbonyl (C=O) groups excluding carboxylic acids is 4. The SMILES string of the molecule is CNC(=O)CC1(CC(=O)NC)CCN(C(=O)CCCCC(=O)C(C)(C)C)CC1. The molecule has 1 aliphatic heterocycles. The zero-order valence-electron chi connectivity index (χ0n) is 18.2. The number of carbonyl (C=O) groups is 4. The van der Waals surface area contributed by atoms with Gasteiger partial charge in [0.1, 0.15) is 5.78 Å². The molecule has 0 saturated carbocycles. The summed E-state index contributed by atoms with van der Waals surface area (Å²) < 4.78 is 0. The Bertz CT molecular complexity index is 553. The fourth-order valence-electron chi connectivity index (χ4n) is 3.60. The third-order valence-electron chi connectivity index (χ3n) is 5.69. The summed E-state index contributed by atoms with van der Waals surface area (Å²) in [4.78, 5) is 50.1. The minimum atomic E-state index is -0.393.